The van der Waals surface area contributed by atoms with Crippen LogP contribution in [0.4, 0.5) is 21.5 Å². The van der Waals surface area contributed by atoms with Crippen LogP contribution in [0.2, 0.25) is 0 Å². The van der Waals surface area contributed by atoms with Gasteiger partial charge in [0.1, 0.15) is 12.8 Å². The summed E-state index contributed by atoms with van der Waals surface area (Å²) in [6, 6.07) is 11.7. The van der Waals surface area contributed by atoms with Crippen molar-refractivity contribution in [3.63, 3.8) is 0 Å². The van der Waals surface area contributed by atoms with Crippen molar-refractivity contribution in [2.75, 3.05) is 30.5 Å². The van der Waals surface area contributed by atoms with Gasteiger partial charge < -0.3 is 14.5 Å². The van der Waals surface area contributed by atoms with Gasteiger partial charge in [-0.2, -0.15) is 0 Å². The molecular formula is C18H22FN3O. The molecule has 1 atom stereocenters. The molecule has 0 fully saturated rings. The summed E-state index contributed by atoms with van der Waals surface area (Å²) in [7, 11) is 3.92. The summed E-state index contributed by atoms with van der Waals surface area (Å²) in [6.45, 7) is 5.27. The molecule has 0 saturated heterocycles. The molecule has 0 aliphatic carbocycles. The number of hydrogen-bond donors (Lipinski definition) is 0. The van der Waals surface area contributed by atoms with Gasteiger partial charge in [0.2, 0.25) is 5.88 Å². The number of alkyl halides is 1. The van der Waals surface area contributed by atoms with Crippen molar-refractivity contribution in [1.29, 1.82) is 0 Å². The molecule has 0 saturated carbocycles. The number of para-hydroxylation sites is 2. The lowest BCUT2D eigenvalue weighted by molar-refractivity contribution is 0.204. The molecule has 4 nitrogen and oxygen atoms in total. The Hall–Kier alpha value is -2.56. The van der Waals surface area contributed by atoms with Gasteiger partial charge in [-0.1, -0.05) is 18.7 Å². The summed E-state index contributed by atoms with van der Waals surface area (Å²) in [5.74, 6) is 0.420. The van der Waals surface area contributed by atoms with E-state index in [-0.39, 0.29) is 6.61 Å². The molecule has 0 aliphatic rings. The Morgan fingerprint density at radius 2 is 1.91 bits per heavy atom. The smallest absolute Gasteiger partial charge is 0.213 e. The molecule has 0 spiro atoms. The summed E-state index contributed by atoms with van der Waals surface area (Å²) in [4.78, 5) is 8.22. The van der Waals surface area contributed by atoms with Crippen molar-refractivity contribution in [2.45, 2.75) is 13.1 Å². The molecule has 0 amide bonds. The number of anilines is 3. The molecule has 1 heterocycles. The predicted molar refractivity (Wildman–Crippen MR) is 93.4 cm³/mol. The second-order valence-corrected chi connectivity index (χ2v) is 5.29. The van der Waals surface area contributed by atoms with E-state index in [0.717, 1.165) is 17.1 Å². The zero-order valence-corrected chi connectivity index (χ0v) is 13.7. The Morgan fingerprint density at radius 1 is 1.22 bits per heavy atom. The Bertz CT molecular complexity index is 643. The Balaban J connectivity index is 2.20. The summed E-state index contributed by atoms with van der Waals surface area (Å²) in [5.41, 5.74) is 2.98. The van der Waals surface area contributed by atoms with Gasteiger partial charge in [-0.15, -0.1) is 0 Å². The van der Waals surface area contributed by atoms with E-state index in [0.29, 0.717) is 5.88 Å². The number of halogens is 1. The normalized spacial score (nSPS) is 11.7. The first-order valence-electron chi connectivity index (χ1n) is 7.44. The van der Waals surface area contributed by atoms with Crippen molar-refractivity contribution < 1.29 is 9.13 Å². The van der Waals surface area contributed by atoms with E-state index in [4.69, 9.17) is 4.74 Å². The minimum Gasteiger partial charge on any atom is -0.475 e. The van der Waals surface area contributed by atoms with Crippen LogP contribution < -0.4 is 14.5 Å². The molecule has 0 N–H and O–H groups in total. The lowest BCUT2D eigenvalue weighted by atomic mass is 10.2. The van der Waals surface area contributed by atoms with Crippen LogP contribution in [0.5, 0.6) is 5.88 Å². The molecule has 1 aromatic carbocycles. The number of rotatable bonds is 7. The van der Waals surface area contributed by atoms with Crippen molar-refractivity contribution in [1.82, 2.24) is 4.98 Å². The highest BCUT2D eigenvalue weighted by Crippen LogP contribution is 2.32. The van der Waals surface area contributed by atoms with Gasteiger partial charge in [0.25, 0.3) is 0 Å². The first-order valence-corrected chi connectivity index (χ1v) is 7.44. The highest BCUT2D eigenvalue weighted by atomic mass is 19.1. The summed E-state index contributed by atoms with van der Waals surface area (Å²) in [6.07, 6.45) is 2.46. The van der Waals surface area contributed by atoms with Crippen LogP contribution in [0.25, 0.3) is 0 Å². The number of aromatic nitrogens is 1. The van der Waals surface area contributed by atoms with E-state index in [1.807, 2.05) is 54.2 Å². The number of hydrogen-bond acceptors (Lipinski definition) is 4. The van der Waals surface area contributed by atoms with Gasteiger partial charge >= 0.3 is 0 Å². The Kier molecular flexibility index (Phi) is 5.57. The fourth-order valence-corrected chi connectivity index (χ4v) is 2.14. The minimum absolute atomic E-state index is 0.00908. The van der Waals surface area contributed by atoms with Crippen LogP contribution >= 0.6 is 0 Å². The standard InChI is InChI=1S/C18H22FN3O/c1-5-21(3)16-8-6-7-9-17(16)22(4)15-10-11-18(20-12-15)23-13-14(2)19/h5-12,14H,1,13H2,2-4H3. The molecular weight excluding hydrogens is 293 g/mol. The molecule has 1 aromatic heterocycles. The zero-order chi connectivity index (χ0) is 16.8. The molecule has 2 aromatic rings. The van der Waals surface area contributed by atoms with Crippen LogP contribution in [-0.2, 0) is 0 Å². The average molecular weight is 315 g/mol. The maximum Gasteiger partial charge on any atom is 0.213 e. The number of benzene rings is 1. The lowest BCUT2D eigenvalue weighted by Crippen LogP contribution is -2.16. The monoisotopic (exact) mass is 315 g/mol. The Labute approximate surface area is 136 Å². The average Bonchev–Trinajstić information content (AvgIpc) is 2.59. The van der Waals surface area contributed by atoms with E-state index in [1.165, 1.54) is 6.92 Å². The highest BCUT2D eigenvalue weighted by molar-refractivity contribution is 5.77. The molecule has 2 rings (SSSR count). The molecule has 0 bridgehead atoms. The van der Waals surface area contributed by atoms with Crippen LogP contribution in [0.3, 0.4) is 0 Å². The molecule has 5 heteroatoms. The third kappa shape index (κ3) is 4.22. The SMILES string of the molecule is C=CN(C)c1ccccc1N(C)c1ccc(OCC(C)F)nc1. The van der Waals surface area contributed by atoms with Gasteiger partial charge in [-0.05, 0) is 31.3 Å². The molecule has 0 aliphatic heterocycles. The second-order valence-electron chi connectivity index (χ2n) is 5.29. The second kappa shape index (κ2) is 7.63. The summed E-state index contributed by atoms with van der Waals surface area (Å²) >= 11 is 0. The van der Waals surface area contributed by atoms with Gasteiger partial charge in [-0.25, -0.2) is 9.37 Å². The molecule has 122 valence electrons. The van der Waals surface area contributed by atoms with Crippen molar-refractivity contribution in [2.24, 2.45) is 0 Å². The van der Waals surface area contributed by atoms with E-state index >= 15 is 0 Å². The van der Waals surface area contributed by atoms with Gasteiger partial charge in [0, 0.05) is 20.2 Å². The van der Waals surface area contributed by atoms with Gasteiger partial charge in [-0.3, -0.25) is 0 Å². The first kappa shape index (κ1) is 16.8. The van der Waals surface area contributed by atoms with E-state index in [9.17, 15) is 4.39 Å². The van der Waals surface area contributed by atoms with E-state index in [1.54, 1.807) is 18.5 Å². The molecule has 23 heavy (non-hydrogen) atoms. The van der Waals surface area contributed by atoms with Crippen LogP contribution in [0, 0.1) is 0 Å². The van der Waals surface area contributed by atoms with Crippen LogP contribution in [-0.4, -0.2) is 31.9 Å². The highest BCUT2D eigenvalue weighted by Gasteiger charge is 2.11. The third-order valence-electron chi connectivity index (χ3n) is 3.47. The topological polar surface area (TPSA) is 28.6 Å². The lowest BCUT2D eigenvalue weighted by Gasteiger charge is -2.25. The molecule has 1 unspecified atom stereocenters. The number of ether oxygens (including phenoxy) is 1. The van der Waals surface area contributed by atoms with Gasteiger partial charge in [0.15, 0.2) is 0 Å². The van der Waals surface area contributed by atoms with Crippen LogP contribution in [0.1, 0.15) is 6.92 Å². The third-order valence-corrected chi connectivity index (χ3v) is 3.47. The fraction of sp³-hybridized carbons (Fsp3) is 0.278. The van der Waals surface area contributed by atoms with Crippen molar-refractivity contribution in [3.05, 3.63) is 55.4 Å². The first-order chi connectivity index (χ1) is 11.0. The maximum atomic E-state index is 12.8. The van der Waals surface area contributed by atoms with E-state index in [2.05, 4.69) is 11.6 Å². The maximum absolute atomic E-state index is 12.8. The predicted octanol–water partition coefficient (Wildman–Crippen LogP) is 4.17. The summed E-state index contributed by atoms with van der Waals surface area (Å²) < 4.78 is 18.1. The van der Waals surface area contributed by atoms with Crippen molar-refractivity contribution >= 4 is 17.1 Å². The summed E-state index contributed by atoms with van der Waals surface area (Å²) in [5, 5.41) is 0. The quantitative estimate of drug-likeness (QED) is 0.767. The molecule has 0 radical (unpaired) electrons. The fourth-order valence-electron chi connectivity index (χ4n) is 2.14. The van der Waals surface area contributed by atoms with Crippen LogP contribution in [0.15, 0.2) is 55.4 Å². The zero-order valence-electron chi connectivity index (χ0n) is 13.7. The van der Waals surface area contributed by atoms with E-state index < -0.39 is 6.17 Å². The number of pyridine rings is 1. The Morgan fingerprint density at radius 3 is 2.48 bits per heavy atom. The van der Waals surface area contributed by atoms with Crippen molar-refractivity contribution in [3.8, 4) is 5.88 Å². The largest absolute Gasteiger partial charge is 0.475 e. The minimum atomic E-state index is -1.01. The number of nitrogens with zero attached hydrogens (tertiary/aromatic N) is 3. The van der Waals surface area contributed by atoms with Gasteiger partial charge in [0.05, 0.1) is 23.3 Å².